The van der Waals surface area contributed by atoms with Crippen LogP contribution in [0.5, 0.6) is 5.75 Å². The summed E-state index contributed by atoms with van der Waals surface area (Å²) in [5.41, 5.74) is 1.49. The molecule has 2 heterocycles. The van der Waals surface area contributed by atoms with Crippen LogP contribution >= 0.6 is 27.3 Å². The quantitative estimate of drug-likeness (QED) is 0.699. The van der Waals surface area contributed by atoms with Crippen LogP contribution in [-0.4, -0.2) is 6.61 Å². The molecule has 1 nitrogen and oxygen atoms in total. The van der Waals surface area contributed by atoms with E-state index in [0.717, 1.165) is 12.4 Å². The summed E-state index contributed by atoms with van der Waals surface area (Å²) in [6, 6.07) is 4.42. The lowest BCUT2D eigenvalue weighted by Crippen LogP contribution is -2.18. The molecular formula is C12H11BrOS. The van der Waals surface area contributed by atoms with Crippen molar-refractivity contribution in [3.8, 4) is 5.75 Å². The summed E-state index contributed by atoms with van der Waals surface area (Å²) in [4.78, 5) is 0. The first-order valence-corrected chi connectivity index (χ1v) is 6.59. The topological polar surface area (TPSA) is 9.23 Å². The first kappa shape index (κ1) is 9.67. The van der Waals surface area contributed by atoms with Crippen molar-refractivity contribution in [1.29, 1.82) is 0 Å². The van der Waals surface area contributed by atoms with E-state index in [2.05, 4.69) is 47.3 Å². The summed E-state index contributed by atoms with van der Waals surface area (Å²) < 4.78 is 8.23. The van der Waals surface area contributed by atoms with E-state index in [9.17, 15) is 0 Å². The fraction of sp³-hybridized carbons (Fsp3) is 0.333. The lowest BCUT2D eigenvalue weighted by atomic mass is 9.87. The van der Waals surface area contributed by atoms with E-state index >= 15 is 0 Å². The molecule has 0 spiro atoms. The summed E-state index contributed by atoms with van der Waals surface area (Å²) in [7, 11) is 0. The Morgan fingerprint density at radius 1 is 1.40 bits per heavy atom. The van der Waals surface area contributed by atoms with Gasteiger partial charge >= 0.3 is 0 Å². The number of ether oxygens (including phenoxy) is 1. The zero-order valence-corrected chi connectivity index (χ0v) is 11.0. The molecule has 15 heavy (non-hydrogen) atoms. The Labute approximate surface area is 101 Å². The van der Waals surface area contributed by atoms with Gasteiger partial charge in [-0.2, -0.15) is 0 Å². The van der Waals surface area contributed by atoms with Gasteiger partial charge in [0.05, 0.1) is 6.61 Å². The predicted molar refractivity (Wildman–Crippen MR) is 68.0 cm³/mol. The molecule has 0 saturated carbocycles. The van der Waals surface area contributed by atoms with Crippen molar-refractivity contribution in [2.75, 3.05) is 6.61 Å². The van der Waals surface area contributed by atoms with Gasteiger partial charge < -0.3 is 4.74 Å². The normalized spacial score (nSPS) is 17.8. The largest absolute Gasteiger partial charge is 0.492 e. The summed E-state index contributed by atoms with van der Waals surface area (Å²) >= 11 is 5.34. The van der Waals surface area contributed by atoms with Gasteiger partial charge in [-0.05, 0) is 28.1 Å². The third-order valence-electron chi connectivity index (χ3n) is 2.95. The van der Waals surface area contributed by atoms with E-state index in [0.29, 0.717) is 0 Å². The van der Waals surface area contributed by atoms with Crippen molar-refractivity contribution in [3.05, 3.63) is 27.5 Å². The maximum Gasteiger partial charge on any atom is 0.123 e. The van der Waals surface area contributed by atoms with E-state index < -0.39 is 0 Å². The number of fused-ring (bicyclic) bond motifs is 2. The minimum absolute atomic E-state index is 0.153. The van der Waals surface area contributed by atoms with Crippen LogP contribution in [0.1, 0.15) is 19.4 Å². The van der Waals surface area contributed by atoms with Crippen molar-refractivity contribution in [2.24, 2.45) is 0 Å². The third kappa shape index (κ3) is 1.33. The number of hydrogen-bond acceptors (Lipinski definition) is 2. The molecule has 0 atom stereocenters. The molecular weight excluding hydrogens is 272 g/mol. The molecule has 0 N–H and O–H groups in total. The Kier molecular flexibility index (Phi) is 1.92. The highest BCUT2D eigenvalue weighted by molar-refractivity contribution is 9.10. The molecule has 0 aliphatic carbocycles. The maximum absolute atomic E-state index is 5.73. The van der Waals surface area contributed by atoms with Crippen molar-refractivity contribution in [1.82, 2.24) is 0 Å². The zero-order chi connectivity index (χ0) is 10.6. The number of rotatable bonds is 0. The smallest absolute Gasteiger partial charge is 0.123 e. The summed E-state index contributed by atoms with van der Waals surface area (Å²) in [6.45, 7) is 5.25. The zero-order valence-electron chi connectivity index (χ0n) is 8.63. The molecule has 0 unspecified atom stereocenters. The average Bonchev–Trinajstić information content (AvgIpc) is 2.69. The molecule has 3 heteroatoms. The number of thiophene rings is 1. The average molecular weight is 283 g/mol. The number of hydrogen-bond donors (Lipinski definition) is 0. The SMILES string of the molecule is CC1(C)COc2cc3c(Br)csc3cc21. The van der Waals surface area contributed by atoms with Gasteiger partial charge in [-0.25, -0.2) is 0 Å². The monoisotopic (exact) mass is 282 g/mol. The predicted octanol–water partition coefficient (Wildman–Crippen LogP) is 4.33. The van der Waals surface area contributed by atoms with E-state index in [1.165, 1.54) is 20.1 Å². The standard InChI is InChI=1S/C12H11BrOS/c1-12(2)6-14-10-3-7-9(13)5-15-11(7)4-8(10)12/h3-5H,6H2,1-2H3. The van der Waals surface area contributed by atoms with Gasteiger partial charge in [-0.15, -0.1) is 11.3 Å². The molecule has 0 radical (unpaired) electrons. The van der Waals surface area contributed by atoms with E-state index in [1.807, 2.05) is 0 Å². The highest BCUT2D eigenvalue weighted by Gasteiger charge is 2.32. The van der Waals surface area contributed by atoms with Crippen LogP contribution in [0, 0.1) is 0 Å². The van der Waals surface area contributed by atoms with E-state index in [4.69, 9.17) is 4.74 Å². The van der Waals surface area contributed by atoms with Crippen LogP contribution < -0.4 is 4.74 Å². The molecule has 1 aromatic heterocycles. The Morgan fingerprint density at radius 2 is 2.20 bits per heavy atom. The minimum Gasteiger partial charge on any atom is -0.492 e. The first-order chi connectivity index (χ1) is 7.08. The lowest BCUT2D eigenvalue weighted by molar-refractivity contribution is 0.291. The van der Waals surface area contributed by atoms with Crippen molar-refractivity contribution < 1.29 is 4.74 Å². The fourth-order valence-corrected chi connectivity index (χ4v) is 3.59. The second-order valence-corrected chi connectivity index (χ2v) is 6.37. The molecule has 0 bridgehead atoms. The molecule has 2 aromatic rings. The molecule has 1 aliphatic rings. The second-order valence-electron chi connectivity index (χ2n) is 4.60. The summed E-state index contributed by atoms with van der Waals surface area (Å²) in [5, 5.41) is 3.39. The van der Waals surface area contributed by atoms with Gasteiger partial charge in [0.25, 0.3) is 0 Å². The molecule has 78 valence electrons. The Balaban J connectivity index is 2.34. The van der Waals surface area contributed by atoms with Crippen LogP contribution in [0.4, 0.5) is 0 Å². The molecule has 3 rings (SSSR count). The van der Waals surface area contributed by atoms with Crippen LogP contribution in [0.2, 0.25) is 0 Å². The minimum atomic E-state index is 0.153. The third-order valence-corrected chi connectivity index (χ3v) is 4.85. The molecule has 1 aromatic carbocycles. The van der Waals surface area contributed by atoms with E-state index in [-0.39, 0.29) is 5.41 Å². The molecule has 0 fully saturated rings. The van der Waals surface area contributed by atoms with Crippen molar-refractivity contribution in [3.63, 3.8) is 0 Å². The highest BCUT2D eigenvalue weighted by atomic mass is 79.9. The van der Waals surface area contributed by atoms with Crippen LogP contribution in [0.15, 0.2) is 22.0 Å². The fourth-order valence-electron chi connectivity index (χ4n) is 2.01. The van der Waals surface area contributed by atoms with Crippen molar-refractivity contribution in [2.45, 2.75) is 19.3 Å². The van der Waals surface area contributed by atoms with Gasteiger partial charge in [0.15, 0.2) is 0 Å². The molecule has 1 aliphatic heterocycles. The van der Waals surface area contributed by atoms with Gasteiger partial charge in [0.1, 0.15) is 5.75 Å². The highest BCUT2D eigenvalue weighted by Crippen LogP contribution is 2.43. The van der Waals surface area contributed by atoms with E-state index in [1.54, 1.807) is 11.3 Å². The van der Waals surface area contributed by atoms with Gasteiger partial charge in [-0.3, -0.25) is 0 Å². The summed E-state index contributed by atoms with van der Waals surface area (Å²) in [5.74, 6) is 1.05. The summed E-state index contributed by atoms with van der Waals surface area (Å²) in [6.07, 6.45) is 0. The molecule has 0 saturated heterocycles. The van der Waals surface area contributed by atoms with Crippen LogP contribution in [0.3, 0.4) is 0 Å². The number of benzene rings is 1. The number of halogens is 1. The Hall–Kier alpha value is -0.540. The lowest BCUT2D eigenvalue weighted by Gasteiger charge is -2.14. The Bertz CT molecular complexity index is 542. The second kappa shape index (κ2) is 2.98. The van der Waals surface area contributed by atoms with Crippen molar-refractivity contribution >= 4 is 37.4 Å². The van der Waals surface area contributed by atoms with Crippen LogP contribution in [0.25, 0.3) is 10.1 Å². The first-order valence-electron chi connectivity index (χ1n) is 4.92. The van der Waals surface area contributed by atoms with Crippen LogP contribution in [-0.2, 0) is 5.41 Å². The Morgan fingerprint density at radius 3 is 3.00 bits per heavy atom. The van der Waals surface area contributed by atoms with Gasteiger partial charge in [-0.1, -0.05) is 13.8 Å². The molecule has 0 amide bonds. The van der Waals surface area contributed by atoms with Gasteiger partial charge in [0.2, 0.25) is 0 Å². The van der Waals surface area contributed by atoms with Gasteiger partial charge in [0, 0.05) is 30.9 Å². The maximum atomic E-state index is 5.73.